The van der Waals surface area contributed by atoms with E-state index in [1.807, 2.05) is 24.1 Å². The fraction of sp³-hybridized carbons (Fsp3) is 0.750. The molecule has 2 heterocycles. The minimum Gasteiger partial charge on any atom is -0.377 e. The van der Waals surface area contributed by atoms with Crippen LogP contribution in [0.25, 0.3) is 0 Å². The van der Waals surface area contributed by atoms with Crippen molar-refractivity contribution in [2.75, 3.05) is 26.2 Å². The molecule has 0 radical (unpaired) electrons. The molecule has 1 saturated heterocycles. The summed E-state index contributed by atoms with van der Waals surface area (Å²) in [6, 6.07) is 0.242. The lowest BCUT2D eigenvalue weighted by atomic mass is 10.1. The first-order valence-electron chi connectivity index (χ1n) is 6.24. The Morgan fingerprint density at radius 3 is 3.12 bits per heavy atom. The predicted molar refractivity (Wildman–Crippen MR) is 66.6 cm³/mol. The molecule has 2 unspecified atom stereocenters. The standard InChI is InChI=1S/C12H22N4O/c1-10-8-16(4-3-5-17-10)11(6-13)12-7-14-9-15(12)2/h7,9-11H,3-6,8,13H2,1-2H3. The molecule has 0 bridgehead atoms. The van der Waals surface area contributed by atoms with Crippen molar-refractivity contribution in [2.45, 2.75) is 25.5 Å². The summed E-state index contributed by atoms with van der Waals surface area (Å²) in [6.45, 7) is 5.56. The number of nitrogens with two attached hydrogens (primary N) is 1. The van der Waals surface area contributed by atoms with Crippen LogP contribution in [0.2, 0.25) is 0 Å². The zero-order valence-corrected chi connectivity index (χ0v) is 10.7. The van der Waals surface area contributed by atoms with Crippen LogP contribution < -0.4 is 5.73 Å². The summed E-state index contributed by atoms with van der Waals surface area (Å²) in [7, 11) is 2.02. The third-order valence-electron chi connectivity index (χ3n) is 3.34. The lowest BCUT2D eigenvalue weighted by molar-refractivity contribution is 0.0606. The zero-order chi connectivity index (χ0) is 12.3. The molecule has 1 aliphatic rings. The number of aryl methyl sites for hydroxylation is 1. The van der Waals surface area contributed by atoms with Crippen LogP contribution in [0.15, 0.2) is 12.5 Å². The van der Waals surface area contributed by atoms with Crippen molar-refractivity contribution in [3.63, 3.8) is 0 Å². The van der Waals surface area contributed by atoms with Crippen LogP contribution in [-0.2, 0) is 11.8 Å². The first-order chi connectivity index (χ1) is 8.22. The van der Waals surface area contributed by atoms with Gasteiger partial charge in [-0.3, -0.25) is 4.90 Å². The molecule has 0 amide bonds. The van der Waals surface area contributed by atoms with Crippen molar-refractivity contribution in [3.8, 4) is 0 Å². The van der Waals surface area contributed by atoms with Gasteiger partial charge in [-0.05, 0) is 13.3 Å². The van der Waals surface area contributed by atoms with Crippen LogP contribution in [0.3, 0.4) is 0 Å². The summed E-state index contributed by atoms with van der Waals surface area (Å²) in [6.07, 6.45) is 5.09. The molecule has 0 saturated carbocycles. The Morgan fingerprint density at radius 1 is 1.65 bits per heavy atom. The van der Waals surface area contributed by atoms with Gasteiger partial charge in [0.2, 0.25) is 0 Å². The third kappa shape index (κ3) is 2.86. The molecule has 2 rings (SSSR count). The van der Waals surface area contributed by atoms with Crippen molar-refractivity contribution in [2.24, 2.45) is 12.8 Å². The lowest BCUT2D eigenvalue weighted by Gasteiger charge is -2.30. The summed E-state index contributed by atoms with van der Waals surface area (Å²) in [5.41, 5.74) is 7.12. The Bertz CT molecular complexity index is 352. The minimum atomic E-state index is 0.242. The van der Waals surface area contributed by atoms with E-state index < -0.39 is 0 Å². The van der Waals surface area contributed by atoms with Crippen molar-refractivity contribution >= 4 is 0 Å². The van der Waals surface area contributed by atoms with Gasteiger partial charge in [-0.2, -0.15) is 0 Å². The number of rotatable bonds is 3. The number of hydrogen-bond donors (Lipinski definition) is 1. The zero-order valence-electron chi connectivity index (χ0n) is 10.7. The van der Waals surface area contributed by atoms with Gasteiger partial charge in [0.05, 0.1) is 24.2 Å². The molecule has 0 aromatic carbocycles. The van der Waals surface area contributed by atoms with E-state index in [-0.39, 0.29) is 12.1 Å². The van der Waals surface area contributed by atoms with E-state index in [0.29, 0.717) is 6.54 Å². The fourth-order valence-electron chi connectivity index (χ4n) is 2.45. The summed E-state index contributed by atoms with van der Waals surface area (Å²) in [4.78, 5) is 6.59. The van der Waals surface area contributed by atoms with E-state index >= 15 is 0 Å². The number of imidazole rings is 1. The van der Waals surface area contributed by atoms with Crippen LogP contribution in [0.5, 0.6) is 0 Å². The van der Waals surface area contributed by atoms with Crippen LogP contribution in [0, 0.1) is 0 Å². The average Bonchev–Trinajstić information content (AvgIpc) is 2.60. The van der Waals surface area contributed by atoms with E-state index in [0.717, 1.165) is 26.1 Å². The summed E-state index contributed by atoms with van der Waals surface area (Å²) in [5.74, 6) is 0. The van der Waals surface area contributed by atoms with Gasteiger partial charge < -0.3 is 15.0 Å². The van der Waals surface area contributed by atoms with Crippen LogP contribution in [-0.4, -0.2) is 46.8 Å². The molecule has 5 nitrogen and oxygen atoms in total. The second-order valence-corrected chi connectivity index (χ2v) is 4.71. The van der Waals surface area contributed by atoms with Gasteiger partial charge in [-0.25, -0.2) is 4.98 Å². The van der Waals surface area contributed by atoms with Gasteiger partial charge in [-0.15, -0.1) is 0 Å². The Labute approximate surface area is 103 Å². The highest BCUT2D eigenvalue weighted by Crippen LogP contribution is 2.21. The molecular weight excluding hydrogens is 216 g/mol. The van der Waals surface area contributed by atoms with Crippen molar-refractivity contribution in [1.29, 1.82) is 0 Å². The van der Waals surface area contributed by atoms with Gasteiger partial charge >= 0.3 is 0 Å². The summed E-state index contributed by atoms with van der Waals surface area (Å²) in [5, 5.41) is 0. The Kier molecular flexibility index (Phi) is 4.15. The molecule has 2 atom stereocenters. The number of ether oxygens (including phenoxy) is 1. The van der Waals surface area contributed by atoms with E-state index in [1.54, 1.807) is 0 Å². The third-order valence-corrected chi connectivity index (χ3v) is 3.34. The topological polar surface area (TPSA) is 56.3 Å². The maximum absolute atomic E-state index is 5.94. The van der Waals surface area contributed by atoms with E-state index in [1.165, 1.54) is 5.69 Å². The molecule has 96 valence electrons. The molecule has 0 spiro atoms. The molecule has 17 heavy (non-hydrogen) atoms. The highest BCUT2D eigenvalue weighted by Gasteiger charge is 2.24. The van der Waals surface area contributed by atoms with E-state index in [2.05, 4.69) is 16.8 Å². The lowest BCUT2D eigenvalue weighted by Crippen LogP contribution is -2.38. The van der Waals surface area contributed by atoms with E-state index in [9.17, 15) is 0 Å². The highest BCUT2D eigenvalue weighted by atomic mass is 16.5. The summed E-state index contributed by atoms with van der Waals surface area (Å²) >= 11 is 0. The average molecular weight is 238 g/mol. The first-order valence-corrected chi connectivity index (χ1v) is 6.24. The first kappa shape index (κ1) is 12.5. The van der Waals surface area contributed by atoms with Gasteiger partial charge in [0, 0.05) is 39.5 Å². The molecule has 1 aliphatic heterocycles. The minimum absolute atomic E-state index is 0.242. The molecule has 1 aromatic rings. The van der Waals surface area contributed by atoms with Crippen molar-refractivity contribution < 1.29 is 4.74 Å². The molecule has 1 fully saturated rings. The second kappa shape index (κ2) is 5.62. The maximum Gasteiger partial charge on any atom is 0.0946 e. The smallest absolute Gasteiger partial charge is 0.0946 e. The number of aromatic nitrogens is 2. The van der Waals surface area contributed by atoms with Gasteiger partial charge in [0.15, 0.2) is 0 Å². The SMILES string of the molecule is CC1CN(C(CN)c2cncn2C)CCCO1. The quantitative estimate of drug-likeness (QED) is 0.834. The van der Waals surface area contributed by atoms with Crippen LogP contribution in [0.4, 0.5) is 0 Å². The van der Waals surface area contributed by atoms with Crippen LogP contribution in [0.1, 0.15) is 25.1 Å². The van der Waals surface area contributed by atoms with Crippen molar-refractivity contribution in [3.05, 3.63) is 18.2 Å². The second-order valence-electron chi connectivity index (χ2n) is 4.71. The molecule has 2 N–H and O–H groups in total. The maximum atomic E-state index is 5.94. The number of hydrogen-bond acceptors (Lipinski definition) is 4. The van der Waals surface area contributed by atoms with Crippen LogP contribution >= 0.6 is 0 Å². The monoisotopic (exact) mass is 238 g/mol. The normalized spacial score (nSPS) is 24.5. The van der Waals surface area contributed by atoms with Gasteiger partial charge in [0.1, 0.15) is 0 Å². The Balaban J connectivity index is 2.14. The predicted octanol–water partition coefficient (Wildman–Crippen LogP) is 0.531. The Hall–Kier alpha value is -0.910. The summed E-state index contributed by atoms with van der Waals surface area (Å²) < 4.78 is 7.72. The molecular formula is C12H22N4O. The van der Waals surface area contributed by atoms with Gasteiger partial charge in [-0.1, -0.05) is 0 Å². The molecule has 0 aliphatic carbocycles. The molecule has 5 heteroatoms. The molecule has 1 aromatic heterocycles. The van der Waals surface area contributed by atoms with E-state index in [4.69, 9.17) is 10.5 Å². The highest BCUT2D eigenvalue weighted by molar-refractivity contribution is 5.06. The largest absolute Gasteiger partial charge is 0.377 e. The Morgan fingerprint density at radius 2 is 2.47 bits per heavy atom. The fourth-order valence-corrected chi connectivity index (χ4v) is 2.45. The number of nitrogens with zero attached hydrogens (tertiary/aromatic N) is 3. The van der Waals surface area contributed by atoms with Gasteiger partial charge in [0.25, 0.3) is 0 Å². The van der Waals surface area contributed by atoms with Crippen molar-refractivity contribution in [1.82, 2.24) is 14.5 Å².